The van der Waals surface area contributed by atoms with Crippen LogP contribution < -0.4 is 33.8 Å². The van der Waals surface area contributed by atoms with Crippen molar-refractivity contribution in [2.75, 3.05) is 20.8 Å². The lowest BCUT2D eigenvalue weighted by Crippen LogP contribution is -2.40. The molecular formula is C35H34BrClN2O7S. The Bertz CT molecular complexity index is 2020. The van der Waals surface area contributed by atoms with Crippen molar-refractivity contribution in [3.63, 3.8) is 0 Å². The van der Waals surface area contributed by atoms with Gasteiger partial charge in [0.2, 0.25) is 0 Å². The van der Waals surface area contributed by atoms with Crippen LogP contribution in [0.4, 0.5) is 0 Å². The van der Waals surface area contributed by atoms with E-state index in [0.29, 0.717) is 54.2 Å². The van der Waals surface area contributed by atoms with Crippen LogP contribution >= 0.6 is 38.9 Å². The van der Waals surface area contributed by atoms with Crippen molar-refractivity contribution in [1.82, 2.24) is 4.57 Å². The number of esters is 1. The zero-order chi connectivity index (χ0) is 33.8. The van der Waals surface area contributed by atoms with E-state index in [1.54, 1.807) is 64.5 Å². The summed E-state index contributed by atoms with van der Waals surface area (Å²) in [5, 5.41) is 0.629. The molecule has 246 valence electrons. The lowest BCUT2D eigenvalue weighted by Gasteiger charge is -2.25. The number of aromatic nitrogens is 1. The van der Waals surface area contributed by atoms with Crippen molar-refractivity contribution in [3.05, 3.63) is 112 Å². The minimum atomic E-state index is -0.827. The number of rotatable bonds is 11. The van der Waals surface area contributed by atoms with E-state index in [2.05, 4.69) is 15.9 Å². The van der Waals surface area contributed by atoms with E-state index in [9.17, 15) is 9.59 Å². The van der Waals surface area contributed by atoms with Crippen LogP contribution in [0.3, 0.4) is 0 Å². The van der Waals surface area contributed by atoms with Gasteiger partial charge >= 0.3 is 5.97 Å². The first-order valence-corrected chi connectivity index (χ1v) is 16.8. The second-order valence-electron chi connectivity index (χ2n) is 10.8. The third-order valence-electron chi connectivity index (χ3n) is 7.23. The number of carbonyl (C=O) groups is 1. The fourth-order valence-electron chi connectivity index (χ4n) is 5.19. The SMILES string of the molecule is CCOC(=O)C1=C(C)N=c2s/c(=C/c3cc(Br)cc(OC)c3OCc3ccc(Cl)cc3)c(=O)n2[C@@H]1c1ccc(OC(C)C)c(OC)c1. The van der Waals surface area contributed by atoms with Gasteiger partial charge in [-0.25, -0.2) is 9.79 Å². The summed E-state index contributed by atoms with van der Waals surface area (Å²) in [6.45, 7) is 7.73. The van der Waals surface area contributed by atoms with Crippen molar-refractivity contribution in [2.45, 2.75) is 46.4 Å². The molecule has 5 rings (SSSR count). The maximum atomic E-state index is 14.3. The third-order valence-corrected chi connectivity index (χ3v) is 8.93. The Morgan fingerprint density at radius 2 is 1.79 bits per heavy atom. The van der Waals surface area contributed by atoms with Crippen molar-refractivity contribution in [2.24, 2.45) is 4.99 Å². The summed E-state index contributed by atoms with van der Waals surface area (Å²) in [6.07, 6.45) is 1.66. The summed E-state index contributed by atoms with van der Waals surface area (Å²) in [6, 6.07) is 15.5. The summed E-state index contributed by atoms with van der Waals surface area (Å²) >= 11 is 10.8. The first-order valence-electron chi connectivity index (χ1n) is 14.8. The average molecular weight is 742 g/mol. The molecule has 2 heterocycles. The van der Waals surface area contributed by atoms with Gasteiger partial charge < -0.3 is 23.7 Å². The Balaban J connectivity index is 1.67. The minimum Gasteiger partial charge on any atom is -0.493 e. The van der Waals surface area contributed by atoms with Gasteiger partial charge in [0, 0.05) is 15.1 Å². The molecule has 0 bridgehead atoms. The van der Waals surface area contributed by atoms with E-state index in [-0.39, 0.29) is 30.5 Å². The van der Waals surface area contributed by atoms with E-state index >= 15 is 0 Å². The fraction of sp³-hybridized carbons (Fsp3) is 0.286. The summed E-state index contributed by atoms with van der Waals surface area (Å²) in [4.78, 5) is 32.8. The number of fused-ring (bicyclic) bond motifs is 1. The molecule has 0 spiro atoms. The molecule has 1 aliphatic rings. The molecule has 0 N–H and O–H groups in total. The van der Waals surface area contributed by atoms with Gasteiger partial charge in [0.1, 0.15) is 6.61 Å². The van der Waals surface area contributed by atoms with Gasteiger partial charge in [-0.3, -0.25) is 9.36 Å². The third kappa shape index (κ3) is 7.42. The Hall–Kier alpha value is -4.06. The molecule has 1 aromatic heterocycles. The zero-order valence-electron chi connectivity index (χ0n) is 26.8. The lowest BCUT2D eigenvalue weighted by atomic mass is 9.95. The Morgan fingerprint density at radius 3 is 2.45 bits per heavy atom. The van der Waals surface area contributed by atoms with Crippen LogP contribution in [0.15, 0.2) is 80.1 Å². The van der Waals surface area contributed by atoms with Crippen molar-refractivity contribution in [3.8, 4) is 23.0 Å². The van der Waals surface area contributed by atoms with E-state index in [0.717, 1.165) is 10.0 Å². The Labute approximate surface area is 289 Å². The number of thiazole rings is 1. The number of benzene rings is 3. The summed E-state index contributed by atoms with van der Waals surface area (Å²) in [7, 11) is 3.10. The monoisotopic (exact) mass is 740 g/mol. The van der Waals surface area contributed by atoms with Crippen LogP contribution in [-0.4, -0.2) is 37.5 Å². The summed E-state index contributed by atoms with van der Waals surface area (Å²) in [5.41, 5.74) is 2.55. The van der Waals surface area contributed by atoms with Gasteiger partial charge in [-0.15, -0.1) is 0 Å². The standard InChI is InChI=1S/C35H34BrClN2O7S/c1-7-44-34(41)30-20(4)38-35-39(31(30)22-10-13-26(46-19(2)3)27(15-22)42-5)33(40)29(47-35)16-23-14-24(36)17-28(43-6)32(23)45-18-21-8-11-25(37)12-9-21/h8-17,19,31H,7,18H2,1-6H3/b29-16+/t31-/m1/s1. The van der Waals surface area contributed by atoms with Gasteiger partial charge in [0.25, 0.3) is 5.56 Å². The van der Waals surface area contributed by atoms with Crippen LogP contribution in [0.5, 0.6) is 23.0 Å². The van der Waals surface area contributed by atoms with E-state index in [1.165, 1.54) is 15.9 Å². The van der Waals surface area contributed by atoms with E-state index in [1.807, 2.05) is 38.1 Å². The molecule has 1 atom stereocenters. The van der Waals surface area contributed by atoms with Crippen molar-refractivity contribution < 1.29 is 28.5 Å². The molecule has 0 unspecified atom stereocenters. The molecule has 0 amide bonds. The normalized spacial score (nSPS) is 14.5. The number of ether oxygens (including phenoxy) is 5. The number of hydrogen-bond donors (Lipinski definition) is 0. The molecule has 0 aliphatic carbocycles. The summed E-state index contributed by atoms with van der Waals surface area (Å²) < 4.78 is 31.6. The van der Waals surface area contributed by atoms with Crippen LogP contribution in [-0.2, 0) is 16.1 Å². The smallest absolute Gasteiger partial charge is 0.338 e. The highest BCUT2D eigenvalue weighted by Gasteiger charge is 2.34. The highest BCUT2D eigenvalue weighted by Crippen LogP contribution is 2.38. The molecule has 0 radical (unpaired) electrons. The first kappa shape index (κ1) is 34.3. The molecule has 0 saturated carbocycles. The van der Waals surface area contributed by atoms with Crippen molar-refractivity contribution in [1.29, 1.82) is 0 Å². The van der Waals surface area contributed by atoms with Gasteiger partial charge in [0.05, 0.1) is 48.8 Å². The molecule has 4 aromatic rings. The topological polar surface area (TPSA) is 97.6 Å². The van der Waals surface area contributed by atoms with Crippen LogP contribution in [0.25, 0.3) is 6.08 Å². The zero-order valence-corrected chi connectivity index (χ0v) is 29.9. The predicted octanol–water partition coefficient (Wildman–Crippen LogP) is 6.60. The Morgan fingerprint density at radius 1 is 1.06 bits per heavy atom. The predicted molar refractivity (Wildman–Crippen MR) is 186 cm³/mol. The number of halogens is 2. The van der Waals surface area contributed by atoms with Gasteiger partial charge in [-0.05, 0) is 81.3 Å². The molecule has 0 saturated heterocycles. The second kappa shape index (κ2) is 14.8. The maximum Gasteiger partial charge on any atom is 0.338 e. The largest absolute Gasteiger partial charge is 0.493 e. The van der Waals surface area contributed by atoms with Crippen LogP contribution in [0, 0.1) is 0 Å². The van der Waals surface area contributed by atoms with Crippen LogP contribution in [0.1, 0.15) is 50.4 Å². The molecule has 0 fully saturated rings. The first-order chi connectivity index (χ1) is 22.5. The van der Waals surface area contributed by atoms with E-state index < -0.39 is 12.0 Å². The molecule has 47 heavy (non-hydrogen) atoms. The quantitative estimate of drug-likeness (QED) is 0.160. The molecule has 3 aromatic carbocycles. The highest BCUT2D eigenvalue weighted by atomic mass is 79.9. The molecular weight excluding hydrogens is 708 g/mol. The average Bonchev–Trinajstić information content (AvgIpc) is 3.34. The van der Waals surface area contributed by atoms with Gasteiger partial charge in [0.15, 0.2) is 27.8 Å². The number of nitrogens with zero attached hydrogens (tertiary/aromatic N) is 2. The lowest BCUT2D eigenvalue weighted by molar-refractivity contribution is -0.139. The van der Waals surface area contributed by atoms with Gasteiger partial charge in [-0.2, -0.15) is 0 Å². The summed E-state index contributed by atoms with van der Waals surface area (Å²) in [5.74, 6) is 1.42. The number of methoxy groups -OCH3 is 2. The molecule has 1 aliphatic heterocycles. The number of allylic oxidation sites excluding steroid dienone is 1. The maximum absolute atomic E-state index is 14.3. The fourth-order valence-corrected chi connectivity index (χ4v) is 6.81. The molecule has 9 nitrogen and oxygen atoms in total. The highest BCUT2D eigenvalue weighted by molar-refractivity contribution is 9.10. The molecule has 12 heteroatoms. The van der Waals surface area contributed by atoms with Gasteiger partial charge in [-0.1, -0.05) is 57.1 Å². The number of carbonyl (C=O) groups excluding carboxylic acids is 1. The minimum absolute atomic E-state index is 0.0821. The van der Waals surface area contributed by atoms with Crippen molar-refractivity contribution >= 4 is 50.9 Å². The van der Waals surface area contributed by atoms with E-state index in [4.69, 9.17) is 40.3 Å². The number of hydrogen-bond acceptors (Lipinski definition) is 9. The second-order valence-corrected chi connectivity index (χ2v) is 13.2. The van der Waals surface area contributed by atoms with Crippen LogP contribution in [0.2, 0.25) is 5.02 Å². The Kier molecular flexibility index (Phi) is 10.8.